The number of methoxy groups -OCH3 is 1. The number of hydrogen-bond donors (Lipinski definition) is 1. The van der Waals surface area contributed by atoms with Crippen molar-refractivity contribution in [1.29, 1.82) is 0 Å². The summed E-state index contributed by atoms with van der Waals surface area (Å²) in [5, 5.41) is 10.1. The van der Waals surface area contributed by atoms with Crippen molar-refractivity contribution in [3.05, 3.63) is 35.4 Å². The number of amides is 1. The van der Waals surface area contributed by atoms with E-state index in [0.717, 1.165) is 23.3 Å². The zero-order chi connectivity index (χ0) is 18.5. The average Bonchev–Trinajstić information content (AvgIpc) is 2.88. The molecule has 0 fully saturated rings. The van der Waals surface area contributed by atoms with E-state index < -0.39 is 6.10 Å². The van der Waals surface area contributed by atoms with Gasteiger partial charge in [-0.15, -0.1) is 0 Å². The number of aliphatic hydroxyl groups is 1. The second-order valence-corrected chi connectivity index (χ2v) is 7.67. The molecule has 2 heterocycles. The number of carbonyl (C=O) groups is 1. The summed E-state index contributed by atoms with van der Waals surface area (Å²) in [5.74, 6) is 1.46. The molecule has 0 saturated carbocycles. The Morgan fingerprint density at radius 1 is 1.46 bits per heavy atom. The van der Waals surface area contributed by atoms with Crippen molar-refractivity contribution in [2.45, 2.75) is 43.9 Å². The minimum atomic E-state index is -0.511. The van der Waals surface area contributed by atoms with Crippen molar-refractivity contribution >= 4 is 6.09 Å². The molecule has 1 aliphatic carbocycles. The van der Waals surface area contributed by atoms with Crippen LogP contribution in [0.25, 0.3) is 0 Å². The van der Waals surface area contributed by atoms with Gasteiger partial charge in [-0.2, -0.15) is 4.79 Å². The van der Waals surface area contributed by atoms with Crippen molar-refractivity contribution < 1.29 is 28.6 Å². The van der Waals surface area contributed by atoms with Crippen LogP contribution in [0.1, 0.15) is 30.9 Å². The number of carbonyl (C=O) groups excluding carboxylic acids is 1. The summed E-state index contributed by atoms with van der Waals surface area (Å²) in [7, 11) is 3.57. The summed E-state index contributed by atoms with van der Waals surface area (Å²) < 4.78 is 17.4. The third-order valence-electron chi connectivity index (χ3n) is 6.05. The molecule has 6 heteroatoms. The number of quaternary nitrogens is 1. The molecule has 0 saturated heterocycles. The molecule has 1 amide bonds. The number of benzene rings is 1. The lowest BCUT2D eigenvalue weighted by molar-refractivity contribution is -0.851. The molecular weight excluding hydrogens is 334 g/mol. The van der Waals surface area contributed by atoms with Gasteiger partial charge >= 0.3 is 6.09 Å². The van der Waals surface area contributed by atoms with Gasteiger partial charge in [0.25, 0.3) is 0 Å². The Morgan fingerprint density at radius 2 is 2.27 bits per heavy atom. The lowest BCUT2D eigenvalue weighted by atomic mass is 9.69. The number of nitrogens with zero attached hydrogens (tertiary/aromatic N) is 1. The largest absolute Gasteiger partial charge is 0.516 e. The van der Waals surface area contributed by atoms with Crippen LogP contribution in [-0.2, 0) is 16.7 Å². The van der Waals surface area contributed by atoms with Crippen molar-refractivity contribution in [1.82, 2.24) is 0 Å². The Morgan fingerprint density at radius 3 is 3.00 bits per heavy atom. The zero-order valence-corrected chi connectivity index (χ0v) is 15.5. The van der Waals surface area contributed by atoms with Gasteiger partial charge in [-0.25, -0.2) is 4.48 Å². The Hall–Kier alpha value is -2.05. The van der Waals surface area contributed by atoms with E-state index in [1.165, 1.54) is 0 Å². The van der Waals surface area contributed by atoms with Gasteiger partial charge in [0.05, 0.1) is 38.8 Å². The lowest BCUT2D eigenvalue weighted by Gasteiger charge is -2.36. The molecule has 0 radical (unpaired) electrons. The normalized spacial score (nSPS) is 34.3. The SMILES string of the molecule is CCOC(=O)[N+]1(C)CC[C@@]23C=C[C@H](O)C[C@@H]2Oc2c(OC)ccc(c23)C1. The molecule has 0 bridgehead atoms. The summed E-state index contributed by atoms with van der Waals surface area (Å²) in [4.78, 5) is 12.7. The standard InChI is InChI=1S/C20H26NO5/c1-4-25-19(23)21(2)10-9-20-8-7-14(22)11-16(20)26-18-15(24-3)6-5-13(12-21)17(18)20/h5-8,14,16,22H,4,9-12H2,1-3H3/q+1/t14-,16-,20-,21?/m0/s1. The summed E-state index contributed by atoms with van der Waals surface area (Å²) in [6.45, 7) is 3.41. The van der Waals surface area contributed by atoms with E-state index in [1.54, 1.807) is 7.11 Å². The first-order valence-electron chi connectivity index (χ1n) is 9.20. The first kappa shape index (κ1) is 17.4. The first-order chi connectivity index (χ1) is 12.4. The quantitative estimate of drug-likeness (QED) is 0.649. The van der Waals surface area contributed by atoms with Crippen molar-refractivity contribution in [2.24, 2.45) is 0 Å². The molecule has 3 aliphatic rings. The van der Waals surface area contributed by atoms with Crippen LogP contribution in [-0.4, -0.2) is 55.2 Å². The van der Waals surface area contributed by atoms with E-state index in [4.69, 9.17) is 14.2 Å². The fourth-order valence-corrected chi connectivity index (χ4v) is 4.65. The highest BCUT2D eigenvalue weighted by atomic mass is 16.6. The van der Waals surface area contributed by atoms with E-state index in [1.807, 2.05) is 32.2 Å². The Balaban J connectivity index is 1.87. The van der Waals surface area contributed by atoms with Crippen molar-refractivity contribution in [3.8, 4) is 11.5 Å². The van der Waals surface area contributed by atoms with Crippen LogP contribution in [0.15, 0.2) is 24.3 Å². The zero-order valence-electron chi connectivity index (χ0n) is 15.5. The molecule has 1 spiro atoms. The molecule has 1 aromatic carbocycles. The number of ether oxygens (including phenoxy) is 3. The number of aliphatic hydroxyl groups excluding tert-OH is 1. The summed E-state index contributed by atoms with van der Waals surface area (Å²) in [6, 6.07) is 3.94. The molecule has 1 N–H and O–H groups in total. The van der Waals surface area contributed by atoms with Gasteiger partial charge in [0, 0.05) is 24.0 Å². The Bertz CT molecular complexity index is 776. The second kappa shape index (κ2) is 5.99. The summed E-state index contributed by atoms with van der Waals surface area (Å²) in [5.41, 5.74) is 1.86. The molecule has 1 aromatic rings. The van der Waals surface area contributed by atoms with Crippen LogP contribution in [0.4, 0.5) is 4.79 Å². The van der Waals surface area contributed by atoms with Crippen LogP contribution in [0.5, 0.6) is 11.5 Å². The molecule has 26 heavy (non-hydrogen) atoms. The molecule has 140 valence electrons. The highest BCUT2D eigenvalue weighted by molar-refractivity contribution is 5.63. The Kier molecular flexibility index (Phi) is 4.00. The molecule has 2 aliphatic heterocycles. The fraction of sp³-hybridized carbons (Fsp3) is 0.550. The van der Waals surface area contributed by atoms with Gasteiger partial charge in [-0.05, 0) is 19.1 Å². The minimum Gasteiger partial charge on any atom is -0.493 e. The predicted molar refractivity (Wildman–Crippen MR) is 95.2 cm³/mol. The topological polar surface area (TPSA) is 65.0 Å². The van der Waals surface area contributed by atoms with Crippen molar-refractivity contribution in [2.75, 3.05) is 27.3 Å². The average molecular weight is 360 g/mol. The summed E-state index contributed by atoms with van der Waals surface area (Å²) in [6.07, 6.45) is 4.37. The molecule has 6 nitrogen and oxygen atoms in total. The second-order valence-electron chi connectivity index (χ2n) is 7.67. The Labute approximate surface area is 153 Å². The molecular formula is C20H26NO5+. The summed E-state index contributed by atoms with van der Waals surface area (Å²) >= 11 is 0. The maximum absolute atomic E-state index is 12.7. The van der Waals surface area contributed by atoms with E-state index >= 15 is 0 Å². The van der Waals surface area contributed by atoms with E-state index in [0.29, 0.717) is 31.9 Å². The highest BCUT2D eigenvalue weighted by Crippen LogP contribution is 2.56. The first-order valence-corrected chi connectivity index (χ1v) is 9.20. The van der Waals surface area contributed by atoms with Gasteiger partial charge in [0.2, 0.25) is 0 Å². The van der Waals surface area contributed by atoms with E-state index in [-0.39, 0.29) is 22.1 Å². The minimum absolute atomic E-state index is 0.152. The molecule has 0 aromatic heterocycles. The lowest BCUT2D eigenvalue weighted by Crippen LogP contribution is -2.50. The third-order valence-corrected chi connectivity index (χ3v) is 6.05. The van der Waals surface area contributed by atoms with E-state index in [9.17, 15) is 9.90 Å². The third kappa shape index (κ3) is 2.36. The van der Waals surface area contributed by atoms with Gasteiger partial charge in [0.15, 0.2) is 11.5 Å². The smallest absolute Gasteiger partial charge is 0.493 e. The maximum Gasteiger partial charge on any atom is 0.516 e. The van der Waals surface area contributed by atoms with Gasteiger partial charge in [-0.1, -0.05) is 12.2 Å². The predicted octanol–water partition coefficient (Wildman–Crippen LogP) is 2.52. The van der Waals surface area contributed by atoms with Crippen LogP contribution >= 0.6 is 0 Å². The molecule has 1 unspecified atom stereocenters. The number of hydrogen-bond acceptors (Lipinski definition) is 5. The van der Waals surface area contributed by atoms with Crippen molar-refractivity contribution in [3.63, 3.8) is 0 Å². The maximum atomic E-state index is 12.7. The van der Waals surface area contributed by atoms with E-state index in [2.05, 4.69) is 6.08 Å². The molecule has 4 atom stereocenters. The van der Waals surface area contributed by atoms with Gasteiger partial charge in [-0.3, -0.25) is 0 Å². The van der Waals surface area contributed by atoms with Gasteiger partial charge < -0.3 is 19.3 Å². The van der Waals surface area contributed by atoms with Crippen LogP contribution in [0.2, 0.25) is 0 Å². The number of rotatable bonds is 2. The van der Waals surface area contributed by atoms with Crippen LogP contribution in [0.3, 0.4) is 0 Å². The highest BCUT2D eigenvalue weighted by Gasteiger charge is 2.55. The van der Waals surface area contributed by atoms with Gasteiger partial charge in [0.1, 0.15) is 12.6 Å². The monoisotopic (exact) mass is 360 g/mol. The molecule has 4 rings (SSSR count). The fourth-order valence-electron chi connectivity index (χ4n) is 4.65. The van der Waals surface area contributed by atoms with Crippen LogP contribution in [0, 0.1) is 0 Å². The van der Waals surface area contributed by atoms with Crippen LogP contribution < -0.4 is 9.47 Å².